The van der Waals surface area contributed by atoms with Gasteiger partial charge in [-0.05, 0) is 42.2 Å². The van der Waals surface area contributed by atoms with Crippen molar-refractivity contribution >= 4 is 15.9 Å². The number of nitrogens with one attached hydrogen (secondary N) is 1. The van der Waals surface area contributed by atoms with Gasteiger partial charge in [-0.3, -0.25) is 4.68 Å². The van der Waals surface area contributed by atoms with Crippen LogP contribution in [-0.4, -0.2) is 16.3 Å². The Morgan fingerprint density at radius 2 is 2.12 bits per heavy atom. The maximum absolute atomic E-state index is 4.40. The fourth-order valence-electron chi connectivity index (χ4n) is 2.03. The monoisotopic (exact) mass is 301 g/mol. The zero-order valence-corrected chi connectivity index (χ0v) is 12.8. The largest absolute Gasteiger partial charge is 0.309 e. The fourth-order valence-corrected chi connectivity index (χ4v) is 2.61. The van der Waals surface area contributed by atoms with Crippen LogP contribution in [0.1, 0.15) is 58.2 Å². The molecule has 0 bridgehead atoms. The molecule has 0 amide bonds. The van der Waals surface area contributed by atoms with Gasteiger partial charge < -0.3 is 5.32 Å². The molecule has 1 aromatic rings. The smallest absolute Gasteiger partial charge is 0.0695 e. The van der Waals surface area contributed by atoms with Gasteiger partial charge in [0.25, 0.3) is 0 Å². The second-order valence-electron chi connectivity index (χ2n) is 4.34. The van der Waals surface area contributed by atoms with Crippen molar-refractivity contribution in [2.24, 2.45) is 0 Å². The molecule has 3 nitrogen and oxygen atoms in total. The van der Waals surface area contributed by atoms with Crippen LogP contribution in [0.2, 0.25) is 0 Å². The molecule has 98 valence electrons. The van der Waals surface area contributed by atoms with Crippen molar-refractivity contribution in [2.75, 3.05) is 6.54 Å². The summed E-state index contributed by atoms with van der Waals surface area (Å²) in [5.74, 6) is 0. The molecule has 0 spiro atoms. The number of nitrogens with zero attached hydrogens (tertiary/aromatic N) is 2. The average molecular weight is 302 g/mol. The Balaban J connectivity index is 2.81. The molecule has 0 aliphatic carbocycles. The first-order valence-corrected chi connectivity index (χ1v) is 7.48. The Hall–Kier alpha value is -0.350. The van der Waals surface area contributed by atoms with Crippen LogP contribution in [0.15, 0.2) is 10.7 Å². The standard InChI is InChI=1S/C13H24BrN3/c1-4-7-8-12(15-9-5-2)13-11(14)10-16-17(13)6-3/h10,12,15H,4-9H2,1-3H3. The van der Waals surface area contributed by atoms with E-state index >= 15 is 0 Å². The Kier molecular flexibility index (Phi) is 6.82. The summed E-state index contributed by atoms with van der Waals surface area (Å²) in [7, 11) is 0. The lowest BCUT2D eigenvalue weighted by atomic mass is 10.1. The van der Waals surface area contributed by atoms with Gasteiger partial charge in [0.15, 0.2) is 0 Å². The maximum Gasteiger partial charge on any atom is 0.0695 e. The van der Waals surface area contributed by atoms with Crippen LogP contribution in [0.25, 0.3) is 0 Å². The van der Waals surface area contributed by atoms with Crippen LogP contribution >= 0.6 is 15.9 Å². The number of halogens is 1. The quantitative estimate of drug-likeness (QED) is 0.789. The van der Waals surface area contributed by atoms with Gasteiger partial charge in [0, 0.05) is 6.54 Å². The molecule has 1 heterocycles. The van der Waals surface area contributed by atoms with Gasteiger partial charge in [-0.15, -0.1) is 0 Å². The Morgan fingerprint density at radius 3 is 2.71 bits per heavy atom. The highest BCUT2D eigenvalue weighted by atomic mass is 79.9. The van der Waals surface area contributed by atoms with E-state index in [-0.39, 0.29) is 0 Å². The molecule has 0 radical (unpaired) electrons. The second-order valence-corrected chi connectivity index (χ2v) is 5.20. The van der Waals surface area contributed by atoms with Gasteiger partial charge in [0.05, 0.1) is 22.4 Å². The highest BCUT2D eigenvalue weighted by Crippen LogP contribution is 2.27. The van der Waals surface area contributed by atoms with Gasteiger partial charge in [-0.25, -0.2) is 0 Å². The molecule has 0 saturated carbocycles. The van der Waals surface area contributed by atoms with Crippen LogP contribution in [0.3, 0.4) is 0 Å². The minimum absolute atomic E-state index is 0.423. The lowest BCUT2D eigenvalue weighted by molar-refractivity contribution is 0.442. The molecule has 0 aliphatic rings. The van der Waals surface area contributed by atoms with E-state index in [0.717, 1.165) is 17.6 Å². The molecule has 0 saturated heterocycles. The molecular weight excluding hydrogens is 278 g/mol. The van der Waals surface area contributed by atoms with Crippen LogP contribution in [0.5, 0.6) is 0 Å². The zero-order valence-electron chi connectivity index (χ0n) is 11.2. The van der Waals surface area contributed by atoms with Crippen LogP contribution in [0, 0.1) is 0 Å². The minimum Gasteiger partial charge on any atom is -0.309 e. The van der Waals surface area contributed by atoms with E-state index in [1.54, 1.807) is 0 Å². The Morgan fingerprint density at radius 1 is 1.35 bits per heavy atom. The number of rotatable bonds is 8. The van der Waals surface area contributed by atoms with E-state index in [1.165, 1.54) is 31.4 Å². The van der Waals surface area contributed by atoms with Crippen molar-refractivity contribution in [1.82, 2.24) is 15.1 Å². The van der Waals surface area contributed by atoms with Crippen molar-refractivity contribution in [3.63, 3.8) is 0 Å². The van der Waals surface area contributed by atoms with Crippen molar-refractivity contribution in [2.45, 2.75) is 59.0 Å². The number of hydrogen-bond acceptors (Lipinski definition) is 2. The van der Waals surface area contributed by atoms with Gasteiger partial charge in [0.1, 0.15) is 0 Å². The molecule has 17 heavy (non-hydrogen) atoms. The van der Waals surface area contributed by atoms with Crippen molar-refractivity contribution in [1.29, 1.82) is 0 Å². The lowest BCUT2D eigenvalue weighted by Crippen LogP contribution is -2.25. The molecule has 1 rings (SSSR count). The molecule has 0 aromatic carbocycles. The molecule has 0 fully saturated rings. The third-order valence-corrected chi connectivity index (χ3v) is 3.56. The van der Waals surface area contributed by atoms with E-state index < -0.39 is 0 Å². The van der Waals surface area contributed by atoms with Crippen molar-refractivity contribution < 1.29 is 0 Å². The third kappa shape index (κ3) is 4.11. The molecule has 0 aliphatic heterocycles. The molecule has 4 heteroatoms. The molecule has 1 aromatic heterocycles. The SMILES string of the molecule is CCCCC(NCCC)c1c(Br)cnn1CC. The third-order valence-electron chi connectivity index (χ3n) is 2.95. The van der Waals surface area contributed by atoms with Gasteiger partial charge >= 0.3 is 0 Å². The minimum atomic E-state index is 0.423. The zero-order chi connectivity index (χ0) is 12.7. The van der Waals surface area contributed by atoms with Crippen LogP contribution in [0.4, 0.5) is 0 Å². The summed E-state index contributed by atoms with van der Waals surface area (Å²) < 4.78 is 3.22. The van der Waals surface area contributed by atoms with Gasteiger partial charge in [-0.1, -0.05) is 26.7 Å². The molecular formula is C13H24BrN3. The lowest BCUT2D eigenvalue weighted by Gasteiger charge is -2.20. The van der Waals surface area contributed by atoms with E-state index in [4.69, 9.17) is 0 Å². The first-order chi connectivity index (χ1) is 8.24. The van der Waals surface area contributed by atoms with E-state index in [9.17, 15) is 0 Å². The summed E-state index contributed by atoms with van der Waals surface area (Å²) in [6, 6.07) is 0.423. The second kappa shape index (κ2) is 7.88. The predicted octanol–water partition coefficient (Wildman–Crippen LogP) is 3.90. The average Bonchev–Trinajstić information content (AvgIpc) is 2.71. The fraction of sp³-hybridized carbons (Fsp3) is 0.769. The van der Waals surface area contributed by atoms with Gasteiger partial charge in [-0.2, -0.15) is 5.10 Å². The van der Waals surface area contributed by atoms with E-state index in [1.807, 2.05) is 6.20 Å². The molecule has 1 unspecified atom stereocenters. The van der Waals surface area contributed by atoms with Gasteiger partial charge in [0.2, 0.25) is 0 Å². The number of unbranched alkanes of at least 4 members (excludes halogenated alkanes) is 1. The van der Waals surface area contributed by atoms with Crippen LogP contribution in [-0.2, 0) is 6.54 Å². The molecule has 1 atom stereocenters. The van der Waals surface area contributed by atoms with E-state index in [0.29, 0.717) is 6.04 Å². The van der Waals surface area contributed by atoms with Crippen molar-refractivity contribution in [3.05, 3.63) is 16.4 Å². The summed E-state index contributed by atoms with van der Waals surface area (Å²) in [6.45, 7) is 8.58. The predicted molar refractivity (Wildman–Crippen MR) is 76.2 cm³/mol. The van der Waals surface area contributed by atoms with E-state index in [2.05, 4.69) is 51.8 Å². The maximum atomic E-state index is 4.40. The summed E-state index contributed by atoms with van der Waals surface area (Å²) in [4.78, 5) is 0. The summed E-state index contributed by atoms with van der Waals surface area (Å²) in [6.07, 6.45) is 6.75. The topological polar surface area (TPSA) is 29.9 Å². The number of hydrogen-bond donors (Lipinski definition) is 1. The van der Waals surface area contributed by atoms with Crippen LogP contribution < -0.4 is 5.32 Å². The summed E-state index contributed by atoms with van der Waals surface area (Å²) in [5, 5.41) is 8.03. The Bertz CT molecular complexity index is 314. The normalized spacial score (nSPS) is 12.9. The highest BCUT2D eigenvalue weighted by Gasteiger charge is 2.18. The first kappa shape index (κ1) is 14.7. The summed E-state index contributed by atoms with van der Waals surface area (Å²) >= 11 is 3.62. The summed E-state index contributed by atoms with van der Waals surface area (Å²) in [5.41, 5.74) is 1.30. The highest BCUT2D eigenvalue weighted by molar-refractivity contribution is 9.10. The first-order valence-electron chi connectivity index (χ1n) is 6.69. The molecule has 1 N–H and O–H groups in total. The Labute approximate surface area is 113 Å². The number of aryl methyl sites for hydroxylation is 1. The number of aromatic nitrogens is 2. The van der Waals surface area contributed by atoms with Crippen molar-refractivity contribution in [3.8, 4) is 0 Å².